The average Bonchev–Trinajstić information content (AvgIpc) is 2.99. The SMILES string of the molecule is C[C@@H]1OC(OCCCC(=O)CCCOCCCC(=O)COc2ccc(-c3cccc(C(=O)O)c3)cc2)[C@@H](O)[C@@H](O)C1O. The molecule has 1 heterocycles. The second-order valence-electron chi connectivity index (χ2n) is 10.3. The third-order valence-corrected chi connectivity index (χ3v) is 6.88. The molecule has 1 fully saturated rings. The Kier molecular flexibility index (Phi) is 13.5. The molecular formula is C31H40O11. The molecule has 2 aromatic carbocycles. The van der Waals surface area contributed by atoms with E-state index in [-0.39, 0.29) is 30.3 Å². The Labute approximate surface area is 245 Å². The molecule has 0 aliphatic carbocycles. The van der Waals surface area contributed by atoms with Crippen LogP contribution in [0.15, 0.2) is 48.5 Å². The van der Waals surface area contributed by atoms with Gasteiger partial charge in [0.2, 0.25) is 0 Å². The molecule has 11 nitrogen and oxygen atoms in total. The molecule has 2 aromatic rings. The minimum atomic E-state index is -1.36. The Morgan fingerprint density at radius 3 is 2.10 bits per heavy atom. The molecule has 230 valence electrons. The molecule has 5 atom stereocenters. The molecule has 1 aliphatic rings. The van der Waals surface area contributed by atoms with Crippen molar-refractivity contribution in [2.75, 3.05) is 26.4 Å². The monoisotopic (exact) mass is 588 g/mol. The molecule has 0 bridgehead atoms. The fourth-order valence-corrected chi connectivity index (χ4v) is 4.40. The van der Waals surface area contributed by atoms with E-state index in [2.05, 4.69) is 0 Å². The predicted molar refractivity (Wildman–Crippen MR) is 151 cm³/mol. The Hall–Kier alpha value is -3.19. The second kappa shape index (κ2) is 17.1. The van der Waals surface area contributed by atoms with Crippen LogP contribution in [0.25, 0.3) is 11.1 Å². The van der Waals surface area contributed by atoms with Gasteiger partial charge in [0, 0.05) is 32.5 Å². The van der Waals surface area contributed by atoms with Gasteiger partial charge < -0.3 is 39.4 Å². The molecule has 2 unspecified atom stereocenters. The molecule has 0 radical (unpaired) electrons. The van der Waals surface area contributed by atoms with Crippen LogP contribution in [0.3, 0.4) is 0 Å². The summed E-state index contributed by atoms with van der Waals surface area (Å²) in [5.74, 6) is -0.437. The summed E-state index contributed by atoms with van der Waals surface area (Å²) < 4.78 is 21.9. The molecule has 11 heteroatoms. The standard InChI is InChI=1S/C31H40O11/c1-20-27(34)28(35)29(36)31(42-20)40-17-5-9-24(32)8-3-15-39-16-4-10-25(33)19-41-26-13-11-21(12-14-26)22-6-2-7-23(18-22)30(37)38/h2,6-7,11-14,18,20,27-29,31,34-36H,3-5,8-10,15-17,19H2,1H3,(H,37,38)/t20-,27?,28-,29-,31?/m0/s1. The maximum absolute atomic E-state index is 12.1. The number of carboxylic acids is 1. The number of Topliss-reactive ketones (excluding diaryl/α,β-unsaturated/α-hetero) is 2. The number of benzene rings is 2. The van der Waals surface area contributed by atoms with Crippen molar-refractivity contribution in [3.63, 3.8) is 0 Å². The van der Waals surface area contributed by atoms with Gasteiger partial charge in [0.1, 0.15) is 36.5 Å². The van der Waals surface area contributed by atoms with Gasteiger partial charge >= 0.3 is 5.97 Å². The van der Waals surface area contributed by atoms with Crippen molar-refractivity contribution in [1.29, 1.82) is 0 Å². The number of aliphatic hydroxyl groups excluding tert-OH is 3. The first kappa shape index (κ1) is 33.3. The quantitative estimate of drug-likeness (QED) is 0.189. The van der Waals surface area contributed by atoms with Crippen molar-refractivity contribution in [3.05, 3.63) is 54.1 Å². The lowest BCUT2D eigenvalue weighted by molar-refractivity contribution is -0.293. The van der Waals surface area contributed by atoms with Crippen LogP contribution >= 0.6 is 0 Å². The molecule has 3 rings (SSSR count). The van der Waals surface area contributed by atoms with E-state index < -0.39 is 36.7 Å². The zero-order valence-electron chi connectivity index (χ0n) is 23.7. The lowest BCUT2D eigenvalue weighted by Crippen LogP contribution is -2.57. The van der Waals surface area contributed by atoms with Crippen LogP contribution in [0.1, 0.15) is 55.8 Å². The minimum absolute atomic E-state index is 0.0551. The van der Waals surface area contributed by atoms with Crippen molar-refractivity contribution >= 4 is 17.5 Å². The highest BCUT2D eigenvalue weighted by Crippen LogP contribution is 2.24. The fraction of sp³-hybridized carbons (Fsp3) is 0.516. The first-order chi connectivity index (χ1) is 20.2. The third kappa shape index (κ3) is 10.6. The van der Waals surface area contributed by atoms with Crippen LogP contribution in [-0.4, -0.2) is 95.1 Å². The van der Waals surface area contributed by atoms with Gasteiger partial charge in [-0.05, 0) is 61.6 Å². The number of aromatic carboxylic acids is 1. The number of hydrogen-bond acceptors (Lipinski definition) is 10. The third-order valence-electron chi connectivity index (χ3n) is 6.88. The van der Waals surface area contributed by atoms with E-state index >= 15 is 0 Å². The van der Waals surface area contributed by atoms with Crippen LogP contribution in [0.5, 0.6) is 5.75 Å². The Balaban J connectivity index is 1.19. The topological polar surface area (TPSA) is 169 Å². The summed E-state index contributed by atoms with van der Waals surface area (Å²) in [5, 5.41) is 38.6. The zero-order chi connectivity index (χ0) is 30.5. The molecule has 42 heavy (non-hydrogen) atoms. The van der Waals surface area contributed by atoms with Crippen LogP contribution < -0.4 is 4.74 Å². The van der Waals surface area contributed by atoms with Gasteiger partial charge in [-0.1, -0.05) is 24.3 Å². The van der Waals surface area contributed by atoms with E-state index in [0.717, 1.165) is 11.1 Å². The van der Waals surface area contributed by atoms with E-state index in [4.69, 9.17) is 24.1 Å². The number of ketones is 2. The van der Waals surface area contributed by atoms with Gasteiger partial charge in [-0.3, -0.25) is 9.59 Å². The molecule has 0 aromatic heterocycles. The van der Waals surface area contributed by atoms with Crippen molar-refractivity contribution in [2.45, 2.75) is 76.2 Å². The lowest BCUT2D eigenvalue weighted by Gasteiger charge is -2.38. The highest BCUT2D eigenvalue weighted by molar-refractivity contribution is 5.89. The van der Waals surface area contributed by atoms with E-state index in [0.29, 0.717) is 57.5 Å². The molecule has 0 spiro atoms. The summed E-state index contributed by atoms with van der Waals surface area (Å²) in [6, 6.07) is 13.7. The molecule has 0 amide bonds. The van der Waals surface area contributed by atoms with E-state index in [1.54, 1.807) is 31.2 Å². The molecular weight excluding hydrogens is 548 g/mol. The van der Waals surface area contributed by atoms with Gasteiger partial charge in [-0.25, -0.2) is 4.79 Å². The number of carbonyl (C=O) groups is 3. The summed E-state index contributed by atoms with van der Waals surface area (Å²) in [7, 11) is 0. The first-order valence-corrected chi connectivity index (χ1v) is 14.1. The maximum atomic E-state index is 12.1. The largest absolute Gasteiger partial charge is 0.486 e. The van der Waals surface area contributed by atoms with Gasteiger partial charge in [-0.15, -0.1) is 0 Å². The number of carbonyl (C=O) groups excluding carboxylic acids is 2. The number of carboxylic acid groups (broad SMARTS) is 1. The number of ether oxygens (including phenoxy) is 4. The van der Waals surface area contributed by atoms with Gasteiger partial charge in [0.05, 0.1) is 18.3 Å². The summed E-state index contributed by atoms with van der Waals surface area (Å²) in [4.78, 5) is 35.4. The van der Waals surface area contributed by atoms with Crippen molar-refractivity contribution in [2.24, 2.45) is 0 Å². The summed E-state index contributed by atoms with van der Waals surface area (Å²) >= 11 is 0. The van der Waals surface area contributed by atoms with Crippen molar-refractivity contribution in [1.82, 2.24) is 0 Å². The zero-order valence-corrected chi connectivity index (χ0v) is 23.7. The lowest BCUT2D eigenvalue weighted by atomic mass is 10.00. The van der Waals surface area contributed by atoms with Gasteiger partial charge in [-0.2, -0.15) is 0 Å². The van der Waals surface area contributed by atoms with Crippen LogP contribution in [0.2, 0.25) is 0 Å². The Morgan fingerprint density at radius 2 is 1.43 bits per heavy atom. The van der Waals surface area contributed by atoms with E-state index in [1.165, 1.54) is 6.07 Å². The van der Waals surface area contributed by atoms with Crippen LogP contribution in [0.4, 0.5) is 0 Å². The number of rotatable bonds is 18. The van der Waals surface area contributed by atoms with Crippen LogP contribution in [0, 0.1) is 0 Å². The Morgan fingerprint density at radius 1 is 0.786 bits per heavy atom. The maximum Gasteiger partial charge on any atom is 0.335 e. The summed E-state index contributed by atoms with van der Waals surface area (Å²) in [5.41, 5.74) is 1.83. The minimum Gasteiger partial charge on any atom is -0.486 e. The molecule has 1 saturated heterocycles. The number of hydrogen-bond donors (Lipinski definition) is 4. The highest BCUT2D eigenvalue weighted by atomic mass is 16.7. The summed E-state index contributed by atoms with van der Waals surface area (Å²) in [6.45, 7) is 2.51. The number of aliphatic hydroxyl groups is 3. The predicted octanol–water partition coefficient (Wildman–Crippen LogP) is 2.77. The van der Waals surface area contributed by atoms with Gasteiger partial charge in [0.15, 0.2) is 12.1 Å². The second-order valence-corrected chi connectivity index (χ2v) is 10.3. The van der Waals surface area contributed by atoms with Crippen molar-refractivity contribution in [3.8, 4) is 16.9 Å². The van der Waals surface area contributed by atoms with E-state index in [1.807, 2.05) is 18.2 Å². The molecule has 0 saturated carbocycles. The van der Waals surface area contributed by atoms with Gasteiger partial charge in [0.25, 0.3) is 0 Å². The van der Waals surface area contributed by atoms with E-state index in [9.17, 15) is 29.7 Å². The first-order valence-electron chi connectivity index (χ1n) is 14.1. The average molecular weight is 589 g/mol. The fourth-order valence-electron chi connectivity index (χ4n) is 4.40. The van der Waals surface area contributed by atoms with Crippen molar-refractivity contribution < 1.29 is 53.8 Å². The smallest absolute Gasteiger partial charge is 0.335 e. The normalized spacial score (nSPS) is 22.0. The van der Waals surface area contributed by atoms with Crippen LogP contribution in [-0.2, 0) is 23.8 Å². The highest BCUT2D eigenvalue weighted by Gasteiger charge is 2.42. The molecule has 4 N–H and O–H groups in total. The Bertz CT molecular complexity index is 1150. The summed E-state index contributed by atoms with van der Waals surface area (Å²) in [6.07, 6.45) is -3.09. The molecule has 1 aliphatic heterocycles.